The van der Waals surface area contributed by atoms with Gasteiger partial charge in [0.25, 0.3) is 5.43 Å². The topological polar surface area (TPSA) is 91.9 Å². The average molecular weight is 186 g/mol. The molecule has 2 aromatic carbocycles. The lowest BCUT2D eigenvalue weighted by Crippen LogP contribution is -2.33. The molecule has 0 aromatic heterocycles. The van der Waals surface area contributed by atoms with Crippen LogP contribution in [0.25, 0.3) is 16.3 Å². The summed E-state index contributed by atoms with van der Waals surface area (Å²) in [6.45, 7) is 0. The van der Waals surface area contributed by atoms with Gasteiger partial charge in [-0.15, -0.1) is 0 Å². The van der Waals surface area contributed by atoms with Crippen molar-refractivity contribution in [3.63, 3.8) is 0 Å². The van der Waals surface area contributed by atoms with Gasteiger partial charge < -0.3 is 11.4 Å². The Morgan fingerprint density at radius 1 is 1.29 bits per heavy atom. The van der Waals surface area contributed by atoms with Crippen molar-refractivity contribution < 1.29 is 4.79 Å². The van der Waals surface area contributed by atoms with Crippen LogP contribution in [0, 0.1) is 0 Å². The summed E-state index contributed by atoms with van der Waals surface area (Å²) in [7, 11) is 0. The molecule has 0 amide bonds. The monoisotopic (exact) mass is 186 g/mol. The second kappa shape index (κ2) is 2.90. The molecule has 0 spiro atoms. The van der Waals surface area contributed by atoms with Crippen LogP contribution in [0.2, 0.25) is 0 Å². The van der Waals surface area contributed by atoms with Crippen molar-refractivity contribution in [2.45, 2.75) is 0 Å². The Hall–Kier alpha value is -2.26. The number of hydrogen-bond acceptors (Lipinski definition) is 3. The van der Waals surface area contributed by atoms with Gasteiger partial charge in [-0.2, -0.15) is 9.89 Å². The fraction of sp³-hybridized carbons (Fsp3) is 0. The summed E-state index contributed by atoms with van der Waals surface area (Å²) in [5.74, 6) is 5.09. The molecule has 0 aliphatic rings. The zero-order valence-corrected chi connectivity index (χ0v) is 7.14. The van der Waals surface area contributed by atoms with Gasteiger partial charge in [0.05, 0.1) is 5.39 Å². The van der Waals surface area contributed by atoms with Gasteiger partial charge in [-0.25, -0.2) is 0 Å². The van der Waals surface area contributed by atoms with E-state index in [9.17, 15) is 4.79 Å². The molecule has 0 aliphatic heterocycles. The van der Waals surface area contributed by atoms with Gasteiger partial charge in [0.15, 0.2) is 0 Å². The molecule has 0 radical (unpaired) electrons. The Labute approximate surface area is 78.1 Å². The van der Waals surface area contributed by atoms with E-state index in [2.05, 4.69) is 9.89 Å². The van der Waals surface area contributed by atoms with Gasteiger partial charge in [-0.1, -0.05) is 18.2 Å². The van der Waals surface area contributed by atoms with Crippen molar-refractivity contribution in [1.82, 2.24) is 0 Å². The summed E-state index contributed by atoms with van der Waals surface area (Å²) in [5.41, 5.74) is 8.22. The van der Waals surface area contributed by atoms with Crippen LogP contribution >= 0.6 is 0 Å². The van der Waals surface area contributed by atoms with E-state index < -0.39 is 5.43 Å². The van der Waals surface area contributed by atoms with Crippen molar-refractivity contribution in [3.05, 3.63) is 50.7 Å². The molecule has 0 unspecified atom stereocenters. The summed E-state index contributed by atoms with van der Waals surface area (Å²) in [6.07, 6.45) is 0. The van der Waals surface area contributed by atoms with Crippen LogP contribution in [-0.4, -0.2) is 4.79 Å². The van der Waals surface area contributed by atoms with Gasteiger partial charge in [0.2, 0.25) is 0 Å². The first-order valence-corrected chi connectivity index (χ1v) is 3.94. The molecule has 68 valence electrons. The van der Waals surface area contributed by atoms with Crippen molar-refractivity contribution in [2.75, 3.05) is 0 Å². The smallest absolute Gasteiger partial charge is 0.361 e. The standard InChI is InChI=1S/C9H6N4O/c10-12-7-5-3-1-2-4-6(5)8(13-11)9(7)14/h1-4H,10H2/b12-7-. The number of fused-ring (bicyclic) bond motifs is 1. The molecule has 2 rings (SSSR count). The van der Waals surface area contributed by atoms with E-state index in [1.807, 2.05) is 0 Å². The minimum Gasteiger partial charge on any atom is -0.361 e. The van der Waals surface area contributed by atoms with Crippen LogP contribution < -0.4 is 22.0 Å². The molecule has 0 atom stereocenters. The Bertz CT molecular complexity index is 673. The highest BCUT2D eigenvalue weighted by atomic mass is 16.1. The van der Waals surface area contributed by atoms with Crippen molar-refractivity contribution in [3.8, 4) is 0 Å². The third-order valence-corrected chi connectivity index (χ3v) is 2.10. The summed E-state index contributed by atoms with van der Waals surface area (Å²) in [6, 6.07) is 6.89. The fourth-order valence-corrected chi connectivity index (χ4v) is 1.48. The van der Waals surface area contributed by atoms with Crippen molar-refractivity contribution >= 4 is 10.8 Å². The molecule has 5 heteroatoms. The molecule has 0 heterocycles. The van der Waals surface area contributed by atoms with Crippen molar-refractivity contribution in [2.24, 2.45) is 10.9 Å². The lowest BCUT2D eigenvalue weighted by Gasteiger charge is -1.82. The largest absolute Gasteiger partial charge is 0.372 e. The van der Waals surface area contributed by atoms with Gasteiger partial charge >= 0.3 is 5.36 Å². The summed E-state index contributed by atoms with van der Waals surface area (Å²) >= 11 is 0. The Kier molecular flexibility index (Phi) is 1.73. The number of benzene rings is 1. The average Bonchev–Trinajstić information content (AvgIpc) is 2.49. The van der Waals surface area contributed by atoms with Gasteiger partial charge in [-0.05, 0) is 6.07 Å². The molecule has 0 bridgehead atoms. The van der Waals surface area contributed by atoms with E-state index in [4.69, 9.17) is 11.4 Å². The van der Waals surface area contributed by atoms with E-state index in [-0.39, 0.29) is 10.7 Å². The maximum atomic E-state index is 11.5. The summed E-state index contributed by atoms with van der Waals surface area (Å²) in [5, 5.41) is 4.67. The molecule has 0 aliphatic carbocycles. The third-order valence-electron chi connectivity index (χ3n) is 2.10. The van der Waals surface area contributed by atoms with Crippen molar-refractivity contribution in [1.29, 1.82) is 0 Å². The molecular formula is C9H6N4O. The molecule has 14 heavy (non-hydrogen) atoms. The summed E-state index contributed by atoms with van der Waals surface area (Å²) in [4.78, 5) is 14.5. The van der Waals surface area contributed by atoms with Crippen LogP contribution in [-0.2, 0) is 0 Å². The minimum absolute atomic E-state index is 0.00944. The van der Waals surface area contributed by atoms with E-state index in [1.54, 1.807) is 24.3 Å². The Balaban J connectivity index is 3.36. The predicted octanol–water partition coefficient (Wildman–Crippen LogP) is -1.02. The fourth-order valence-electron chi connectivity index (χ4n) is 1.48. The highest BCUT2D eigenvalue weighted by molar-refractivity contribution is 5.82. The molecule has 5 nitrogen and oxygen atoms in total. The van der Waals surface area contributed by atoms with Crippen LogP contribution in [0.3, 0.4) is 0 Å². The number of rotatable bonds is 0. The summed E-state index contributed by atoms with van der Waals surface area (Å²) < 4.78 is 0. The Morgan fingerprint density at radius 3 is 2.50 bits per heavy atom. The van der Waals surface area contributed by atoms with E-state index in [0.717, 1.165) is 0 Å². The van der Waals surface area contributed by atoms with Crippen LogP contribution in [0.1, 0.15) is 0 Å². The van der Waals surface area contributed by atoms with Gasteiger partial charge in [-0.3, -0.25) is 4.79 Å². The molecule has 0 saturated heterocycles. The first-order valence-electron chi connectivity index (χ1n) is 3.94. The predicted molar refractivity (Wildman–Crippen MR) is 49.1 cm³/mol. The number of hydrogen-bond donors (Lipinski definition) is 1. The maximum Gasteiger partial charge on any atom is 0.372 e. The molecule has 0 saturated carbocycles. The van der Waals surface area contributed by atoms with Crippen LogP contribution in [0.4, 0.5) is 0 Å². The normalized spacial score (nSPS) is 11.9. The Morgan fingerprint density at radius 2 is 1.93 bits per heavy atom. The zero-order chi connectivity index (χ0) is 10.1. The second-order valence-corrected chi connectivity index (χ2v) is 2.80. The zero-order valence-electron chi connectivity index (χ0n) is 7.14. The first-order chi connectivity index (χ1) is 6.79. The van der Waals surface area contributed by atoms with Gasteiger partial charge in [0.1, 0.15) is 5.36 Å². The van der Waals surface area contributed by atoms with Crippen LogP contribution in [0.15, 0.2) is 34.2 Å². The number of nitrogens with zero attached hydrogens (tertiary/aromatic N) is 3. The SMILES string of the molecule is [N-]=[N+]=c1c(=O)/c(=N\N)c2ccccc12. The number of nitrogens with two attached hydrogens (primary N) is 1. The molecule has 2 aromatic rings. The quantitative estimate of drug-likeness (QED) is 0.247. The highest BCUT2D eigenvalue weighted by Crippen LogP contribution is 2.01. The van der Waals surface area contributed by atoms with E-state index in [0.29, 0.717) is 10.8 Å². The minimum atomic E-state index is -0.448. The second-order valence-electron chi connectivity index (χ2n) is 2.80. The third kappa shape index (κ3) is 0.901. The maximum absolute atomic E-state index is 11.5. The van der Waals surface area contributed by atoms with E-state index in [1.165, 1.54) is 0 Å². The molecule has 0 fully saturated rings. The van der Waals surface area contributed by atoms with Crippen LogP contribution in [0.5, 0.6) is 0 Å². The lowest BCUT2D eigenvalue weighted by atomic mass is 10.2. The van der Waals surface area contributed by atoms with Gasteiger partial charge in [0, 0.05) is 5.39 Å². The van der Waals surface area contributed by atoms with E-state index >= 15 is 0 Å². The lowest BCUT2D eigenvalue weighted by molar-refractivity contribution is -0.0639. The molecular weight excluding hydrogens is 180 g/mol. The highest BCUT2D eigenvalue weighted by Gasteiger charge is 2.13. The molecule has 2 N–H and O–H groups in total. The first kappa shape index (κ1) is 8.34.